The van der Waals surface area contributed by atoms with Crippen LogP contribution in [-0.2, 0) is 9.53 Å². The van der Waals surface area contributed by atoms with Crippen LogP contribution in [0.1, 0.15) is 26.7 Å². The summed E-state index contributed by atoms with van der Waals surface area (Å²) < 4.78 is 5.48. The standard InChI is InChI=1S/C14H26N4O3/c1-3-12(13(15)16-20)17-5-7-18(8-6-17)14(19)11-4-9-21-10(11)2/h10-12,20H,3-9H2,1-2H3,(H2,15,16). The first-order valence-electron chi connectivity index (χ1n) is 7.70. The van der Waals surface area contributed by atoms with E-state index in [1.165, 1.54) is 0 Å². The maximum Gasteiger partial charge on any atom is 0.228 e. The Morgan fingerprint density at radius 3 is 2.57 bits per heavy atom. The molecule has 2 aliphatic rings. The van der Waals surface area contributed by atoms with Crippen molar-refractivity contribution in [1.82, 2.24) is 9.80 Å². The number of hydrogen-bond acceptors (Lipinski definition) is 5. The summed E-state index contributed by atoms with van der Waals surface area (Å²) in [5.41, 5.74) is 5.73. The fraction of sp³-hybridized carbons (Fsp3) is 0.857. The number of oxime groups is 1. The molecule has 1 amide bonds. The summed E-state index contributed by atoms with van der Waals surface area (Å²) in [5, 5.41) is 12.0. The molecule has 120 valence electrons. The molecule has 3 N–H and O–H groups in total. The number of ether oxygens (including phenoxy) is 1. The van der Waals surface area contributed by atoms with Crippen LogP contribution in [0.5, 0.6) is 0 Å². The molecule has 7 nitrogen and oxygen atoms in total. The zero-order valence-corrected chi connectivity index (χ0v) is 12.9. The highest BCUT2D eigenvalue weighted by Gasteiger charge is 2.35. The Hall–Kier alpha value is -1.34. The first-order valence-corrected chi connectivity index (χ1v) is 7.70. The van der Waals surface area contributed by atoms with Gasteiger partial charge in [0.25, 0.3) is 0 Å². The van der Waals surface area contributed by atoms with Gasteiger partial charge in [0.1, 0.15) is 0 Å². The van der Waals surface area contributed by atoms with E-state index in [0.29, 0.717) is 19.7 Å². The summed E-state index contributed by atoms with van der Waals surface area (Å²) in [4.78, 5) is 16.6. The molecule has 0 radical (unpaired) electrons. The summed E-state index contributed by atoms with van der Waals surface area (Å²) in [5.74, 6) is 0.453. The van der Waals surface area contributed by atoms with Gasteiger partial charge < -0.3 is 20.6 Å². The van der Waals surface area contributed by atoms with E-state index in [1.54, 1.807) is 0 Å². The van der Waals surface area contributed by atoms with Gasteiger partial charge in [0, 0.05) is 32.8 Å². The molecule has 0 aromatic carbocycles. The van der Waals surface area contributed by atoms with Crippen LogP contribution >= 0.6 is 0 Å². The van der Waals surface area contributed by atoms with E-state index in [1.807, 2.05) is 18.7 Å². The number of amides is 1. The van der Waals surface area contributed by atoms with Gasteiger partial charge in [-0.05, 0) is 19.8 Å². The second-order valence-electron chi connectivity index (χ2n) is 5.78. The van der Waals surface area contributed by atoms with Crippen LogP contribution in [0.2, 0.25) is 0 Å². The number of carbonyl (C=O) groups is 1. The molecule has 0 aliphatic carbocycles. The number of carbonyl (C=O) groups excluding carboxylic acids is 1. The number of nitrogens with zero attached hydrogens (tertiary/aromatic N) is 3. The van der Waals surface area contributed by atoms with Crippen molar-refractivity contribution in [3.8, 4) is 0 Å². The maximum atomic E-state index is 12.5. The Morgan fingerprint density at radius 2 is 2.10 bits per heavy atom. The minimum Gasteiger partial charge on any atom is -0.409 e. The van der Waals surface area contributed by atoms with Crippen LogP contribution in [-0.4, -0.2) is 71.7 Å². The predicted molar refractivity (Wildman–Crippen MR) is 79.2 cm³/mol. The molecule has 0 spiro atoms. The molecular weight excluding hydrogens is 272 g/mol. The second kappa shape index (κ2) is 7.09. The molecule has 7 heteroatoms. The van der Waals surface area contributed by atoms with Crippen LogP contribution in [0.3, 0.4) is 0 Å². The van der Waals surface area contributed by atoms with Gasteiger partial charge in [-0.2, -0.15) is 0 Å². The number of rotatable bonds is 4. The van der Waals surface area contributed by atoms with Gasteiger partial charge in [0.05, 0.1) is 18.1 Å². The summed E-state index contributed by atoms with van der Waals surface area (Å²) >= 11 is 0. The number of hydrogen-bond donors (Lipinski definition) is 2. The zero-order valence-electron chi connectivity index (χ0n) is 12.9. The third-order valence-electron chi connectivity index (χ3n) is 4.60. The molecule has 2 rings (SSSR count). The fourth-order valence-corrected chi connectivity index (χ4v) is 3.27. The first kappa shape index (κ1) is 16.0. The van der Waals surface area contributed by atoms with Crippen LogP contribution < -0.4 is 5.73 Å². The van der Waals surface area contributed by atoms with E-state index >= 15 is 0 Å². The van der Waals surface area contributed by atoms with Gasteiger partial charge in [-0.1, -0.05) is 12.1 Å². The lowest BCUT2D eigenvalue weighted by atomic mass is 10.0. The highest BCUT2D eigenvalue weighted by molar-refractivity contribution is 5.85. The van der Waals surface area contributed by atoms with E-state index in [0.717, 1.165) is 25.9 Å². The van der Waals surface area contributed by atoms with Crippen molar-refractivity contribution in [3.05, 3.63) is 0 Å². The van der Waals surface area contributed by atoms with E-state index in [4.69, 9.17) is 15.7 Å². The summed E-state index contributed by atoms with van der Waals surface area (Å²) in [6, 6.07) is -0.0546. The normalized spacial score (nSPS) is 29.6. The molecule has 21 heavy (non-hydrogen) atoms. The fourth-order valence-electron chi connectivity index (χ4n) is 3.27. The van der Waals surface area contributed by atoms with Crippen LogP contribution in [0.4, 0.5) is 0 Å². The minimum absolute atomic E-state index is 0.00240. The molecule has 0 aromatic heterocycles. The Balaban J connectivity index is 1.89. The second-order valence-corrected chi connectivity index (χ2v) is 5.78. The van der Waals surface area contributed by atoms with Crippen molar-refractivity contribution in [2.24, 2.45) is 16.8 Å². The van der Waals surface area contributed by atoms with Gasteiger partial charge >= 0.3 is 0 Å². The van der Waals surface area contributed by atoms with Crippen molar-refractivity contribution in [3.63, 3.8) is 0 Å². The molecule has 2 saturated heterocycles. The van der Waals surface area contributed by atoms with Crippen molar-refractivity contribution in [1.29, 1.82) is 0 Å². The van der Waals surface area contributed by atoms with Crippen molar-refractivity contribution < 1.29 is 14.7 Å². The van der Waals surface area contributed by atoms with Crippen LogP contribution in [0.25, 0.3) is 0 Å². The molecule has 0 aromatic rings. The highest BCUT2D eigenvalue weighted by atomic mass is 16.5. The largest absolute Gasteiger partial charge is 0.409 e. The van der Waals surface area contributed by atoms with Gasteiger partial charge in [-0.25, -0.2) is 0 Å². The molecule has 2 fully saturated rings. The number of piperazine rings is 1. The average Bonchev–Trinajstić information content (AvgIpc) is 2.94. The molecule has 3 atom stereocenters. The first-order chi connectivity index (χ1) is 10.1. The minimum atomic E-state index is -0.0546. The Labute approximate surface area is 125 Å². The number of nitrogens with two attached hydrogens (primary N) is 1. The Bertz CT molecular complexity index is 394. The third-order valence-corrected chi connectivity index (χ3v) is 4.60. The molecule has 0 saturated carbocycles. The zero-order chi connectivity index (χ0) is 15.4. The Morgan fingerprint density at radius 1 is 1.43 bits per heavy atom. The number of amidine groups is 1. The summed E-state index contributed by atoms with van der Waals surface area (Å²) in [7, 11) is 0. The topological polar surface area (TPSA) is 91.4 Å². The monoisotopic (exact) mass is 298 g/mol. The van der Waals surface area contributed by atoms with Crippen LogP contribution in [0, 0.1) is 5.92 Å². The molecular formula is C14H26N4O3. The van der Waals surface area contributed by atoms with E-state index in [-0.39, 0.29) is 29.8 Å². The molecule has 3 unspecified atom stereocenters. The SMILES string of the molecule is CCC(C(N)=NO)N1CCN(C(=O)C2CCOC2C)CC1. The Kier molecular flexibility index (Phi) is 5.41. The molecule has 2 heterocycles. The highest BCUT2D eigenvalue weighted by Crippen LogP contribution is 2.23. The average molecular weight is 298 g/mol. The molecule has 2 aliphatic heterocycles. The van der Waals surface area contributed by atoms with Crippen molar-refractivity contribution in [2.45, 2.75) is 38.8 Å². The lowest BCUT2D eigenvalue weighted by Gasteiger charge is -2.39. The quantitative estimate of drug-likeness (QED) is 0.332. The van der Waals surface area contributed by atoms with Gasteiger partial charge in [0.2, 0.25) is 5.91 Å². The van der Waals surface area contributed by atoms with Crippen molar-refractivity contribution >= 4 is 11.7 Å². The lowest BCUT2D eigenvalue weighted by Crippen LogP contribution is -2.56. The maximum absolute atomic E-state index is 12.5. The smallest absolute Gasteiger partial charge is 0.228 e. The van der Waals surface area contributed by atoms with Gasteiger partial charge in [0.15, 0.2) is 5.84 Å². The predicted octanol–water partition coefficient (Wildman–Crippen LogP) is 0.0806. The van der Waals surface area contributed by atoms with Gasteiger partial charge in [-0.15, -0.1) is 0 Å². The lowest BCUT2D eigenvalue weighted by molar-refractivity contribution is -0.138. The van der Waals surface area contributed by atoms with E-state index in [2.05, 4.69) is 10.1 Å². The van der Waals surface area contributed by atoms with E-state index in [9.17, 15) is 4.79 Å². The summed E-state index contributed by atoms with van der Waals surface area (Å²) in [6.45, 7) is 7.55. The van der Waals surface area contributed by atoms with Crippen LogP contribution in [0.15, 0.2) is 5.16 Å². The molecule has 0 bridgehead atoms. The van der Waals surface area contributed by atoms with Gasteiger partial charge in [-0.3, -0.25) is 9.69 Å². The summed E-state index contributed by atoms with van der Waals surface area (Å²) in [6.07, 6.45) is 1.63. The van der Waals surface area contributed by atoms with E-state index < -0.39 is 0 Å². The third kappa shape index (κ3) is 3.47. The van der Waals surface area contributed by atoms with Crippen molar-refractivity contribution in [2.75, 3.05) is 32.8 Å².